The number of fused-ring (bicyclic) bond motifs is 2. The van der Waals surface area contributed by atoms with Crippen molar-refractivity contribution >= 4 is 28.4 Å². The zero-order chi connectivity index (χ0) is 23.9. The molecule has 0 spiro atoms. The average Bonchev–Trinajstić information content (AvgIpc) is 3.21. The Morgan fingerprint density at radius 1 is 1.17 bits per heavy atom. The molecule has 8 heteroatoms. The zero-order valence-electron chi connectivity index (χ0n) is 19.9. The summed E-state index contributed by atoms with van der Waals surface area (Å²) in [7, 11) is 0. The monoisotopic (exact) mass is 473 g/mol. The van der Waals surface area contributed by atoms with Crippen molar-refractivity contribution < 1.29 is 14.3 Å². The van der Waals surface area contributed by atoms with Crippen molar-refractivity contribution in [2.75, 3.05) is 18.5 Å². The van der Waals surface area contributed by atoms with Crippen LogP contribution in [0.1, 0.15) is 53.3 Å². The van der Waals surface area contributed by atoms with E-state index in [1.165, 1.54) is 5.56 Å². The Kier molecular flexibility index (Phi) is 5.78. The van der Waals surface area contributed by atoms with Crippen LogP contribution in [0.15, 0.2) is 42.5 Å². The van der Waals surface area contributed by atoms with Crippen LogP contribution in [0.5, 0.6) is 0 Å². The summed E-state index contributed by atoms with van der Waals surface area (Å²) in [5, 5.41) is 8.64. The average molecular weight is 474 g/mol. The third-order valence-electron chi connectivity index (χ3n) is 7.80. The molecule has 2 amide bonds. The first-order chi connectivity index (χ1) is 17.1. The van der Waals surface area contributed by atoms with E-state index in [0.717, 1.165) is 47.8 Å². The van der Waals surface area contributed by atoms with Crippen LogP contribution in [0, 0.1) is 24.7 Å². The van der Waals surface area contributed by atoms with Crippen LogP contribution in [0.25, 0.3) is 10.9 Å². The predicted octanol–water partition coefficient (Wildman–Crippen LogP) is 3.73. The Bertz CT molecular complexity index is 1280. The van der Waals surface area contributed by atoms with Gasteiger partial charge in [-0.15, -0.1) is 0 Å². The molecule has 3 aliphatic rings. The molecule has 1 saturated carbocycles. The van der Waals surface area contributed by atoms with E-state index in [1.807, 2.05) is 41.1 Å². The van der Waals surface area contributed by atoms with Gasteiger partial charge in [0.05, 0.1) is 24.8 Å². The molecular weight excluding hydrogens is 442 g/mol. The summed E-state index contributed by atoms with van der Waals surface area (Å²) in [6.07, 6.45) is 4.28. The van der Waals surface area contributed by atoms with E-state index >= 15 is 0 Å². The third kappa shape index (κ3) is 4.10. The molecule has 35 heavy (non-hydrogen) atoms. The van der Waals surface area contributed by atoms with Crippen LogP contribution in [0.2, 0.25) is 0 Å². The molecule has 6 rings (SSSR count). The van der Waals surface area contributed by atoms with Gasteiger partial charge >= 0.3 is 0 Å². The van der Waals surface area contributed by atoms with Crippen molar-refractivity contribution in [3.63, 3.8) is 0 Å². The maximum atomic E-state index is 13.5. The summed E-state index contributed by atoms with van der Waals surface area (Å²) in [6.45, 7) is 4.14. The number of nitrogens with one attached hydrogen (secondary N) is 3. The van der Waals surface area contributed by atoms with Gasteiger partial charge in [-0.05, 0) is 55.0 Å². The predicted molar refractivity (Wildman–Crippen MR) is 133 cm³/mol. The molecule has 2 aromatic carbocycles. The number of benzene rings is 2. The molecule has 2 aliphatic heterocycles. The Morgan fingerprint density at radius 3 is 2.80 bits per heavy atom. The Labute approximate surface area is 204 Å². The minimum atomic E-state index is -0.165. The van der Waals surface area contributed by atoms with Gasteiger partial charge in [0.25, 0.3) is 5.91 Å². The number of hydrazine groups is 1. The summed E-state index contributed by atoms with van der Waals surface area (Å²) in [6, 6.07) is 13.9. The second-order valence-electron chi connectivity index (χ2n) is 10.1. The zero-order valence-corrected chi connectivity index (χ0v) is 19.9. The van der Waals surface area contributed by atoms with E-state index in [1.54, 1.807) is 0 Å². The van der Waals surface area contributed by atoms with E-state index in [9.17, 15) is 9.59 Å². The van der Waals surface area contributed by atoms with Gasteiger partial charge in [-0.25, -0.2) is 5.43 Å². The second-order valence-corrected chi connectivity index (χ2v) is 10.1. The van der Waals surface area contributed by atoms with Gasteiger partial charge in [0.2, 0.25) is 5.91 Å². The first kappa shape index (κ1) is 22.2. The van der Waals surface area contributed by atoms with Crippen molar-refractivity contribution in [3.05, 3.63) is 59.3 Å². The number of aryl methyl sites for hydroxylation is 1. The highest BCUT2D eigenvalue weighted by Gasteiger charge is 2.41. The number of carbonyl (C=O) groups is 2. The maximum Gasteiger partial charge on any atom is 0.274 e. The van der Waals surface area contributed by atoms with Gasteiger partial charge in [0.15, 0.2) is 0 Å². The SMILES string of the molecule is Cc1cc(NC(=O)c2c3ccccc3nn2CC2COC2)ccc1C1NNC(=O)C2CCCCC21. The normalized spacial score (nSPS) is 24.5. The Balaban J connectivity index is 1.25. The maximum absolute atomic E-state index is 13.5. The van der Waals surface area contributed by atoms with Crippen LogP contribution >= 0.6 is 0 Å². The largest absolute Gasteiger partial charge is 0.381 e. The van der Waals surface area contributed by atoms with Crippen molar-refractivity contribution in [1.82, 2.24) is 20.6 Å². The molecule has 1 aromatic heterocycles. The van der Waals surface area contributed by atoms with Crippen molar-refractivity contribution in [2.45, 2.75) is 45.2 Å². The highest BCUT2D eigenvalue weighted by molar-refractivity contribution is 6.11. The number of carbonyl (C=O) groups excluding carboxylic acids is 2. The van der Waals surface area contributed by atoms with Crippen molar-refractivity contribution in [3.8, 4) is 0 Å². The van der Waals surface area contributed by atoms with Crippen molar-refractivity contribution in [1.29, 1.82) is 0 Å². The molecule has 3 heterocycles. The van der Waals surface area contributed by atoms with Crippen LogP contribution in [0.4, 0.5) is 5.69 Å². The fraction of sp³-hybridized carbons (Fsp3) is 0.444. The molecule has 3 fully saturated rings. The molecule has 1 aliphatic carbocycles. The van der Waals surface area contributed by atoms with Crippen LogP contribution in [-0.4, -0.2) is 34.8 Å². The molecule has 182 valence electrons. The lowest BCUT2D eigenvalue weighted by Gasteiger charge is -2.41. The molecule has 8 nitrogen and oxygen atoms in total. The smallest absolute Gasteiger partial charge is 0.274 e. The van der Waals surface area contributed by atoms with E-state index in [0.29, 0.717) is 37.3 Å². The lowest BCUT2D eigenvalue weighted by molar-refractivity contribution is -0.133. The van der Waals surface area contributed by atoms with Gasteiger partial charge in [-0.3, -0.25) is 19.7 Å². The molecule has 0 radical (unpaired) electrons. The second kappa shape index (κ2) is 9.09. The Morgan fingerprint density at radius 2 is 2.00 bits per heavy atom. The fourth-order valence-electron chi connectivity index (χ4n) is 5.92. The first-order valence-corrected chi connectivity index (χ1v) is 12.6. The highest BCUT2D eigenvalue weighted by Crippen LogP contribution is 2.41. The molecular formula is C27H31N5O3. The number of ether oxygens (including phenoxy) is 1. The number of aromatic nitrogens is 2. The highest BCUT2D eigenvalue weighted by atomic mass is 16.5. The molecule has 0 bridgehead atoms. The van der Waals surface area contributed by atoms with E-state index in [4.69, 9.17) is 9.84 Å². The number of hydrogen-bond donors (Lipinski definition) is 3. The van der Waals surface area contributed by atoms with Gasteiger partial charge in [-0.1, -0.05) is 37.1 Å². The van der Waals surface area contributed by atoms with E-state index in [-0.39, 0.29) is 23.8 Å². The standard InChI is InChI=1S/C27H31N5O3/c1-16-12-18(10-11-19(16)24-20-6-2-3-7-21(20)26(33)30-29-24)28-27(34)25-22-8-4-5-9-23(22)31-32(25)13-17-14-35-15-17/h4-5,8-12,17,20-21,24,29H,2-3,6-7,13-15H2,1H3,(H,28,34)(H,30,33). The van der Waals surface area contributed by atoms with Crippen LogP contribution in [0.3, 0.4) is 0 Å². The minimum absolute atomic E-state index is 0.0726. The van der Waals surface area contributed by atoms with E-state index in [2.05, 4.69) is 29.2 Å². The quantitative estimate of drug-likeness (QED) is 0.525. The summed E-state index contributed by atoms with van der Waals surface area (Å²) in [5.74, 6) is 0.701. The number of nitrogens with zero attached hydrogens (tertiary/aromatic N) is 2. The third-order valence-corrected chi connectivity index (χ3v) is 7.80. The van der Waals surface area contributed by atoms with Gasteiger partial charge in [-0.2, -0.15) is 5.10 Å². The Hall–Kier alpha value is -3.23. The summed E-state index contributed by atoms with van der Waals surface area (Å²) < 4.78 is 7.15. The lowest BCUT2D eigenvalue weighted by atomic mass is 9.71. The van der Waals surface area contributed by atoms with E-state index < -0.39 is 0 Å². The summed E-state index contributed by atoms with van der Waals surface area (Å²) >= 11 is 0. The van der Waals surface area contributed by atoms with Crippen molar-refractivity contribution in [2.24, 2.45) is 17.8 Å². The van der Waals surface area contributed by atoms with Gasteiger partial charge in [0.1, 0.15) is 5.69 Å². The number of amides is 2. The molecule has 3 N–H and O–H groups in total. The molecule has 3 aromatic rings. The number of hydrogen-bond acceptors (Lipinski definition) is 5. The van der Waals surface area contributed by atoms with Crippen LogP contribution in [-0.2, 0) is 16.1 Å². The lowest BCUT2D eigenvalue weighted by Crippen LogP contribution is -2.55. The molecule has 3 atom stereocenters. The van der Waals surface area contributed by atoms with Crippen LogP contribution < -0.4 is 16.2 Å². The van der Waals surface area contributed by atoms with Gasteiger partial charge < -0.3 is 10.1 Å². The topological polar surface area (TPSA) is 97.3 Å². The van der Waals surface area contributed by atoms with Gasteiger partial charge in [0, 0.05) is 29.5 Å². The molecule has 3 unspecified atom stereocenters. The first-order valence-electron chi connectivity index (χ1n) is 12.6. The summed E-state index contributed by atoms with van der Waals surface area (Å²) in [5.41, 5.74) is 10.6. The number of rotatable bonds is 5. The molecule has 2 saturated heterocycles. The summed E-state index contributed by atoms with van der Waals surface area (Å²) in [4.78, 5) is 25.8. The fourth-order valence-corrected chi connectivity index (χ4v) is 5.92. The number of anilines is 1. The minimum Gasteiger partial charge on any atom is -0.381 e.